The summed E-state index contributed by atoms with van der Waals surface area (Å²) in [5, 5.41) is 5.09. The van der Waals surface area contributed by atoms with E-state index in [2.05, 4.69) is 20.1 Å². The molecule has 96 valence electrons. The molecule has 0 saturated carbocycles. The molecule has 0 fully saturated rings. The Bertz CT molecular complexity index is 740. The standard InChI is InChI=1S/C12H9Cl2N5/c1-7(8-3-2-4-15-11(8)14)19-12-9(5-17-19)16-6-10(13)18-12/h2-7H,1H3/t7-/m0/s1. The number of aromatic nitrogens is 5. The number of hydrogen-bond donors (Lipinski definition) is 0. The van der Waals surface area contributed by atoms with Crippen molar-refractivity contribution in [2.75, 3.05) is 0 Å². The van der Waals surface area contributed by atoms with Crippen LogP contribution < -0.4 is 0 Å². The zero-order valence-corrected chi connectivity index (χ0v) is 11.5. The van der Waals surface area contributed by atoms with Crippen LogP contribution in [0.5, 0.6) is 0 Å². The molecule has 0 radical (unpaired) electrons. The van der Waals surface area contributed by atoms with E-state index in [0.717, 1.165) is 5.56 Å². The molecule has 3 aromatic heterocycles. The Balaban J connectivity index is 2.14. The molecular formula is C12H9Cl2N5. The number of hydrogen-bond acceptors (Lipinski definition) is 4. The van der Waals surface area contributed by atoms with Crippen LogP contribution in [0.2, 0.25) is 10.3 Å². The molecule has 3 rings (SSSR count). The summed E-state index contributed by atoms with van der Waals surface area (Å²) in [6.07, 6.45) is 4.80. The number of fused-ring (bicyclic) bond motifs is 1. The molecule has 5 nitrogen and oxygen atoms in total. The van der Waals surface area contributed by atoms with E-state index in [1.165, 1.54) is 6.20 Å². The molecule has 7 heteroatoms. The van der Waals surface area contributed by atoms with E-state index in [9.17, 15) is 0 Å². The second-order valence-corrected chi connectivity index (χ2v) is 4.80. The molecule has 1 atom stereocenters. The molecule has 0 aliphatic carbocycles. The van der Waals surface area contributed by atoms with E-state index < -0.39 is 0 Å². The highest BCUT2D eigenvalue weighted by atomic mass is 35.5. The van der Waals surface area contributed by atoms with Crippen molar-refractivity contribution in [2.45, 2.75) is 13.0 Å². The Morgan fingerprint density at radius 3 is 2.84 bits per heavy atom. The van der Waals surface area contributed by atoms with E-state index in [-0.39, 0.29) is 6.04 Å². The van der Waals surface area contributed by atoms with Gasteiger partial charge in [0.25, 0.3) is 0 Å². The third kappa shape index (κ3) is 2.15. The predicted octanol–water partition coefficient (Wildman–Crippen LogP) is 3.14. The van der Waals surface area contributed by atoms with Gasteiger partial charge in [0.2, 0.25) is 0 Å². The van der Waals surface area contributed by atoms with Crippen LogP contribution in [0.3, 0.4) is 0 Å². The first kappa shape index (κ1) is 12.3. The summed E-state index contributed by atoms with van der Waals surface area (Å²) in [4.78, 5) is 12.5. The lowest BCUT2D eigenvalue weighted by atomic mass is 10.1. The molecule has 0 unspecified atom stereocenters. The third-order valence-corrected chi connectivity index (χ3v) is 3.38. The highest BCUT2D eigenvalue weighted by Gasteiger charge is 2.16. The van der Waals surface area contributed by atoms with Crippen molar-refractivity contribution in [2.24, 2.45) is 0 Å². The quantitative estimate of drug-likeness (QED) is 0.681. The zero-order valence-electron chi connectivity index (χ0n) is 9.96. The fourth-order valence-electron chi connectivity index (χ4n) is 1.92. The third-order valence-electron chi connectivity index (χ3n) is 2.88. The van der Waals surface area contributed by atoms with Crippen molar-refractivity contribution in [3.63, 3.8) is 0 Å². The summed E-state index contributed by atoms with van der Waals surface area (Å²) in [6.45, 7) is 1.97. The van der Waals surface area contributed by atoms with Crippen molar-refractivity contribution in [1.82, 2.24) is 24.7 Å². The topological polar surface area (TPSA) is 56.5 Å². The normalized spacial score (nSPS) is 12.8. The second kappa shape index (κ2) is 4.75. The molecule has 0 saturated heterocycles. The largest absolute Gasteiger partial charge is 0.248 e. The average Bonchev–Trinajstić information content (AvgIpc) is 2.81. The minimum atomic E-state index is -0.105. The highest BCUT2D eigenvalue weighted by molar-refractivity contribution is 6.30. The van der Waals surface area contributed by atoms with E-state index in [1.807, 2.05) is 19.1 Å². The van der Waals surface area contributed by atoms with Crippen LogP contribution in [0, 0.1) is 0 Å². The molecule has 0 aromatic carbocycles. The fourth-order valence-corrected chi connectivity index (χ4v) is 2.33. The maximum absolute atomic E-state index is 6.10. The molecule has 0 aliphatic rings. The van der Waals surface area contributed by atoms with E-state index >= 15 is 0 Å². The molecule has 3 aromatic rings. The first-order valence-corrected chi connectivity index (χ1v) is 6.38. The zero-order chi connectivity index (χ0) is 13.4. The van der Waals surface area contributed by atoms with Crippen LogP contribution in [-0.4, -0.2) is 24.7 Å². The lowest BCUT2D eigenvalue weighted by molar-refractivity contribution is 0.577. The fraction of sp³-hybridized carbons (Fsp3) is 0.167. The minimum Gasteiger partial charge on any atom is -0.248 e. The maximum Gasteiger partial charge on any atom is 0.178 e. The molecule has 0 bridgehead atoms. The second-order valence-electron chi connectivity index (χ2n) is 4.05. The summed E-state index contributed by atoms with van der Waals surface area (Å²) in [7, 11) is 0. The molecule has 0 N–H and O–H groups in total. The number of rotatable bonds is 2. The van der Waals surface area contributed by atoms with E-state index in [0.29, 0.717) is 21.5 Å². The number of pyridine rings is 1. The smallest absolute Gasteiger partial charge is 0.178 e. The van der Waals surface area contributed by atoms with Gasteiger partial charge in [-0.2, -0.15) is 5.10 Å². The Morgan fingerprint density at radius 1 is 1.21 bits per heavy atom. The van der Waals surface area contributed by atoms with Gasteiger partial charge in [0, 0.05) is 11.8 Å². The van der Waals surface area contributed by atoms with Gasteiger partial charge in [0.05, 0.1) is 18.4 Å². The predicted molar refractivity (Wildman–Crippen MR) is 73.4 cm³/mol. The molecule has 3 heterocycles. The van der Waals surface area contributed by atoms with Crippen LogP contribution in [-0.2, 0) is 0 Å². The lowest BCUT2D eigenvalue weighted by Crippen LogP contribution is -2.10. The van der Waals surface area contributed by atoms with Gasteiger partial charge in [-0.3, -0.25) is 0 Å². The Kier molecular flexibility index (Phi) is 3.08. The van der Waals surface area contributed by atoms with Crippen LogP contribution in [0.15, 0.2) is 30.7 Å². The summed E-state index contributed by atoms with van der Waals surface area (Å²) in [5.41, 5.74) is 2.19. The summed E-state index contributed by atoms with van der Waals surface area (Å²) in [5.74, 6) is 0. The van der Waals surface area contributed by atoms with Gasteiger partial charge in [-0.05, 0) is 13.0 Å². The monoisotopic (exact) mass is 293 g/mol. The van der Waals surface area contributed by atoms with Crippen LogP contribution >= 0.6 is 23.2 Å². The van der Waals surface area contributed by atoms with E-state index in [1.54, 1.807) is 17.1 Å². The lowest BCUT2D eigenvalue weighted by Gasteiger charge is -2.14. The van der Waals surface area contributed by atoms with Gasteiger partial charge in [-0.1, -0.05) is 29.3 Å². The van der Waals surface area contributed by atoms with E-state index in [4.69, 9.17) is 23.2 Å². The Hall–Kier alpha value is -1.72. The molecule has 0 aliphatic heterocycles. The molecular weight excluding hydrogens is 285 g/mol. The van der Waals surface area contributed by atoms with Gasteiger partial charge in [-0.25, -0.2) is 19.6 Å². The van der Waals surface area contributed by atoms with Gasteiger partial charge < -0.3 is 0 Å². The Morgan fingerprint density at radius 2 is 2.05 bits per heavy atom. The minimum absolute atomic E-state index is 0.105. The molecule has 19 heavy (non-hydrogen) atoms. The van der Waals surface area contributed by atoms with Gasteiger partial charge in [0.15, 0.2) is 5.65 Å². The first-order chi connectivity index (χ1) is 9.16. The van der Waals surface area contributed by atoms with Crippen LogP contribution in [0.4, 0.5) is 0 Å². The average molecular weight is 294 g/mol. The summed E-state index contributed by atoms with van der Waals surface area (Å²) >= 11 is 12.0. The van der Waals surface area contributed by atoms with Crippen molar-refractivity contribution < 1.29 is 0 Å². The van der Waals surface area contributed by atoms with Crippen molar-refractivity contribution in [3.05, 3.63) is 46.6 Å². The van der Waals surface area contributed by atoms with Gasteiger partial charge in [0.1, 0.15) is 15.8 Å². The molecule has 0 amide bonds. The summed E-state index contributed by atoms with van der Waals surface area (Å²) < 4.78 is 1.73. The number of halogens is 2. The van der Waals surface area contributed by atoms with Crippen LogP contribution in [0.25, 0.3) is 11.2 Å². The van der Waals surface area contributed by atoms with Crippen molar-refractivity contribution in [1.29, 1.82) is 0 Å². The SMILES string of the molecule is C[C@@H](c1cccnc1Cl)n1ncc2ncc(Cl)nc21. The maximum atomic E-state index is 6.10. The van der Waals surface area contributed by atoms with Gasteiger partial charge in [-0.15, -0.1) is 0 Å². The van der Waals surface area contributed by atoms with Crippen LogP contribution in [0.1, 0.15) is 18.5 Å². The molecule has 0 spiro atoms. The first-order valence-electron chi connectivity index (χ1n) is 5.63. The van der Waals surface area contributed by atoms with Crippen molar-refractivity contribution >= 4 is 34.4 Å². The highest BCUT2D eigenvalue weighted by Crippen LogP contribution is 2.25. The van der Waals surface area contributed by atoms with Crippen molar-refractivity contribution in [3.8, 4) is 0 Å². The summed E-state index contributed by atoms with van der Waals surface area (Å²) in [6, 6.07) is 3.64. The Labute approximate surface area is 119 Å². The van der Waals surface area contributed by atoms with Gasteiger partial charge >= 0.3 is 0 Å². The number of nitrogens with zero attached hydrogens (tertiary/aromatic N) is 5.